The topological polar surface area (TPSA) is 84.2 Å². The monoisotopic (exact) mass is 295 g/mol. The van der Waals surface area contributed by atoms with Gasteiger partial charge in [0.15, 0.2) is 0 Å². The standard InChI is InChI=1S/C16H13N3O3/c20-15(21)9-11-5-1-2-6-12(11)16(22)18-19-10-17-13-7-3-4-8-14(13)19/h1-8,10H,9H2,(H,18,22)(H,20,21). The van der Waals surface area contributed by atoms with Crippen LogP contribution < -0.4 is 5.43 Å². The second-order valence-electron chi connectivity index (χ2n) is 4.77. The number of rotatable bonds is 4. The zero-order chi connectivity index (χ0) is 15.5. The summed E-state index contributed by atoms with van der Waals surface area (Å²) in [6.07, 6.45) is 1.32. The van der Waals surface area contributed by atoms with Crippen molar-refractivity contribution in [3.8, 4) is 0 Å². The number of nitrogens with zero attached hydrogens (tertiary/aromatic N) is 2. The summed E-state index contributed by atoms with van der Waals surface area (Å²) in [5.41, 5.74) is 5.06. The molecule has 3 rings (SSSR count). The maximum atomic E-state index is 12.4. The summed E-state index contributed by atoms with van der Waals surface area (Å²) in [5.74, 6) is -1.35. The molecule has 1 aromatic heterocycles. The number of benzene rings is 2. The van der Waals surface area contributed by atoms with Crippen molar-refractivity contribution in [1.82, 2.24) is 9.66 Å². The zero-order valence-corrected chi connectivity index (χ0v) is 11.6. The maximum Gasteiger partial charge on any atom is 0.307 e. The highest BCUT2D eigenvalue weighted by molar-refractivity contribution is 6.02. The van der Waals surface area contributed by atoms with Crippen LogP contribution in [0.2, 0.25) is 0 Å². The second-order valence-corrected chi connectivity index (χ2v) is 4.77. The Labute approximate surface area is 126 Å². The minimum absolute atomic E-state index is 0.200. The quantitative estimate of drug-likeness (QED) is 0.771. The number of aromatic nitrogens is 2. The van der Waals surface area contributed by atoms with Crippen LogP contribution in [0.1, 0.15) is 15.9 Å². The molecule has 0 spiro atoms. The summed E-state index contributed by atoms with van der Waals surface area (Å²) >= 11 is 0. The molecule has 0 atom stereocenters. The lowest BCUT2D eigenvalue weighted by Crippen LogP contribution is -2.23. The molecule has 22 heavy (non-hydrogen) atoms. The zero-order valence-electron chi connectivity index (χ0n) is 11.6. The molecule has 0 aliphatic carbocycles. The van der Waals surface area contributed by atoms with E-state index in [0.717, 1.165) is 11.0 Å². The van der Waals surface area contributed by atoms with Gasteiger partial charge in [0.1, 0.15) is 6.33 Å². The summed E-state index contributed by atoms with van der Waals surface area (Å²) < 4.78 is 1.52. The molecule has 110 valence electrons. The van der Waals surface area contributed by atoms with E-state index >= 15 is 0 Å². The first-order chi connectivity index (χ1) is 10.6. The van der Waals surface area contributed by atoms with E-state index < -0.39 is 5.97 Å². The Kier molecular flexibility index (Phi) is 3.57. The normalized spacial score (nSPS) is 10.5. The Bertz CT molecular complexity index is 854. The molecule has 2 N–H and O–H groups in total. The van der Waals surface area contributed by atoms with Crippen LogP contribution in [0.5, 0.6) is 0 Å². The third kappa shape index (κ3) is 2.67. The Hall–Kier alpha value is -3.15. The van der Waals surface area contributed by atoms with E-state index in [1.807, 2.05) is 24.3 Å². The Morgan fingerprint density at radius 1 is 1.09 bits per heavy atom. The van der Waals surface area contributed by atoms with E-state index in [-0.39, 0.29) is 12.3 Å². The minimum atomic E-state index is -0.978. The highest BCUT2D eigenvalue weighted by atomic mass is 16.4. The fourth-order valence-corrected chi connectivity index (χ4v) is 2.28. The van der Waals surface area contributed by atoms with Crippen LogP contribution in [0.3, 0.4) is 0 Å². The van der Waals surface area contributed by atoms with E-state index in [2.05, 4.69) is 10.4 Å². The molecule has 2 aromatic carbocycles. The molecule has 0 radical (unpaired) electrons. The van der Waals surface area contributed by atoms with Gasteiger partial charge in [-0.25, -0.2) is 9.66 Å². The Morgan fingerprint density at radius 3 is 2.64 bits per heavy atom. The molecule has 0 fully saturated rings. The lowest BCUT2D eigenvalue weighted by atomic mass is 10.0. The predicted molar refractivity (Wildman–Crippen MR) is 81.2 cm³/mol. The van der Waals surface area contributed by atoms with Crippen LogP contribution >= 0.6 is 0 Å². The molecule has 6 nitrogen and oxygen atoms in total. The number of hydrogen-bond acceptors (Lipinski definition) is 3. The maximum absolute atomic E-state index is 12.4. The van der Waals surface area contributed by atoms with E-state index in [0.29, 0.717) is 11.1 Å². The number of para-hydroxylation sites is 2. The molecule has 0 unspecified atom stereocenters. The van der Waals surface area contributed by atoms with Gasteiger partial charge in [-0.05, 0) is 23.8 Å². The number of imidazole rings is 1. The van der Waals surface area contributed by atoms with Crippen LogP contribution in [0, 0.1) is 0 Å². The highest BCUT2D eigenvalue weighted by Crippen LogP contribution is 2.13. The van der Waals surface area contributed by atoms with E-state index in [1.54, 1.807) is 24.3 Å². The molecule has 0 saturated carbocycles. The van der Waals surface area contributed by atoms with Crippen LogP contribution in [0.4, 0.5) is 0 Å². The van der Waals surface area contributed by atoms with Crippen molar-refractivity contribution >= 4 is 22.9 Å². The third-order valence-corrected chi connectivity index (χ3v) is 3.28. The molecule has 1 heterocycles. The van der Waals surface area contributed by atoms with Crippen LogP contribution in [-0.2, 0) is 11.2 Å². The predicted octanol–water partition coefficient (Wildman–Crippen LogP) is 2.05. The molecule has 0 aliphatic rings. The smallest absolute Gasteiger partial charge is 0.307 e. The third-order valence-electron chi connectivity index (χ3n) is 3.28. The largest absolute Gasteiger partial charge is 0.481 e. The summed E-state index contributed by atoms with van der Waals surface area (Å²) in [5, 5.41) is 8.92. The van der Waals surface area contributed by atoms with Gasteiger partial charge in [-0.15, -0.1) is 0 Å². The van der Waals surface area contributed by atoms with E-state index in [4.69, 9.17) is 5.11 Å². The highest BCUT2D eigenvalue weighted by Gasteiger charge is 2.14. The number of nitrogens with one attached hydrogen (secondary N) is 1. The van der Waals surface area contributed by atoms with Crippen LogP contribution in [0.25, 0.3) is 11.0 Å². The number of carbonyl (C=O) groups excluding carboxylic acids is 1. The minimum Gasteiger partial charge on any atom is -0.481 e. The Balaban J connectivity index is 1.90. The fourth-order valence-electron chi connectivity index (χ4n) is 2.28. The van der Waals surface area contributed by atoms with Crippen molar-refractivity contribution in [3.63, 3.8) is 0 Å². The van der Waals surface area contributed by atoms with Gasteiger partial charge >= 0.3 is 5.97 Å². The average Bonchev–Trinajstić information content (AvgIpc) is 2.90. The summed E-state index contributed by atoms with van der Waals surface area (Å²) in [6.45, 7) is 0. The van der Waals surface area contributed by atoms with Gasteiger partial charge in [-0.1, -0.05) is 30.3 Å². The van der Waals surface area contributed by atoms with Gasteiger partial charge in [0.05, 0.1) is 17.5 Å². The molecule has 0 bridgehead atoms. The van der Waals surface area contributed by atoms with E-state index in [1.165, 1.54) is 11.0 Å². The number of carbonyl (C=O) groups is 2. The van der Waals surface area contributed by atoms with Crippen molar-refractivity contribution in [2.45, 2.75) is 6.42 Å². The molecular formula is C16H13N3O3. The molecule has 0 saturated heterocycles. The van der Waals surface area contributed by atoms with Gasteiger partial charge in [0.2, 0.25) is 0 Å². The van der Waals surface area contributed by atoms with Crippen LogP contribution in [-0.4, -0.2) is 26.6 Å². The summed E-state index contributed by atoms with van der Waals surface area (Å²) in [7, 11) is 0. The lowest BCUT2D eigenvalue weighted by molar-refractivity contribution is -0.136. The number of aliphatic carboxylic acids is 1. The van der Waals surface area contributed by atoms with Crippen molar-refractivity contribution in [3.05, 3.63) is 66.0 Å². The first-order valence-corrected chi connectivity index (χ1v) is 6.68. The number of carboxylic acids is 1. The van der Waals surface area contributed by atoms with Crippen molar-refractivity contribution in [2.24, 2.45) is 0 Å². The Morgan fingerprint density at radius 2 is 1.82 bits per heavy atom. The summed E-state index contributed by atoms with van der Waals surface area (Å²) in [4.78, 5) is 27.5. The first-order valence-electron chi connectivity index (χ1n) is 6.68. The SMILES string of the molecule is O=C(O)Cc1ccccc1C(=O)Nn1cnc2ccccc21. The first kappa shape index (κ1) is 13.8. The average molecular weight is 295 g/mol. The number of fused-ring (bicyclic) bond motifs is 1. The molecule has 0 aliphatic heterocycles. The van der Waals surface area contributed by atoms with Gasteiger partial charge in [-0.2, -0.15) is 0 Å². The van der Waals surface area contributed by atoms with Crippen molar-refractivity contribution < 1.29 is 14.7 Å². The van der Waals surface area contributed by atoms with Crippen molar-refractivity contribution in [2.75, 3.05) is 5.43 Å². The molecule has 1 amide bonds. The second kappa shape index (κ2) is 5.69. The van der Waals surface area contributed by atoms with Gasteiger partial charge in [-0.3, -0.25) is 15.0 Å². The number of carboxylic acid groups (broad SMARTS) is 1. The molecular weight excluding hydrogens is 282 g/mol. The number of hydrogen-bond donors (Lipinski definition) is 2. The summed E-state index contributed by atoms with van der Waals surface area (Å²) in [6, 6.07) is 14.0. The molecule has 3 aromatic rings. The van der Waals surface area contributed by atoms with Gasteiger partial charge in [0.25, 0.3) is 5.91 Å². The fraction of sp³-hybridized carbons (Fsp3) is 0.0625. The lowest BCUT2D eigenvalue weighted by Gasteiger charge is -2.10. The van der Waals surface area contributed by atoms with Crippen LogP contribution in [0.15, 0.2) is 54.9 Å². The van der Waals surface area contributed by atoms with Gasteiger partial charge in [0, 0.05) is 5.56 Å². The van der Waals surface area contributed by atoms with Crippen molar-refractivity contribution in [1.29, 1.82) is 0 Å². The molecule has 6 heteroatoms. The van der Waals surface area contributed by atoms with Gasteiger partial charge < -0.3 is 5.11 Å². The number of amides is 1. The van der Waals surface area contributed by atoms with E-state index in [9.17, 15) is 9.59 Å².